The van der Waals surface area contributed by atoms with E-state index in [1.54, 1.807) is 0 Å². The summed E-state index contributed by atoms with van der Waals surface area (Å²) in [6.07, 6.45) is 3.81. The predicted octanol–water partition coefficient (Wildman–Crippen LogP) is 6.52. The second kappa shape index (κ2) is 12.1. The molecule has 6 rings (SSSR count). The molecule has 3 aliphatic rings. The van der Waals surface area contributed by atoms with Crippen molar-refractivity contribution in [2.75, 3.05) is 25.2 Å². The fourth-order valence-corrected chi connectivity index (χ4v) is 6.76. The SMILES string of the molecule is CCc1cc(Cl)cc(CC)c1NC(=O)CN1C[C@H](c2cc3c(cc2C)OCO3)C(C(=O)O)[C@@H]1c1ccc(OC2CC2)cc1. The summed E-state index contributed by atoms with van der Waals surface area (Å²) in [5, 5.41) is 14.5. The molecule has 1 aliphatic carbocycles. The molecule has 1 saturated heterocycles. The lowest BCUT2D eigenvalue weighted by molar-refractivity contribution is -0.143. The Morgan fingerprint density at radius 2 is 1.67 bits per heavy atom. The molecule has 2 aliphatic heterocycles. The van der Waals surface area contributed by atoms with Crippen LogP contribution in [0.2, 0.25) is 5.02 Å². The first-order valence-electron chi connectivity index (χ1n) is 15.0. The van der Waals surface area contributed by atoms with Crippen LogP contribution in [-0.2, 0) is 22.4 Å². The molecule has 9 heteroatoms. The van der Waals surface area contributed by atoms with Gasteiger partial charge in [0.05, 0.1) is 18.6 Å². The van der Waals surface area contributed by atoms with E-state index in [-0.39, 0.29) is 31.3 Å². The van der Waals surface area contributed by atoms with Crippen LogP contribution in [0.4, 0.5) is 5.69 Å². The van der Waals surface area contributed by atoms with Crippen molar-refractivity contribution in [2.45, 2.75) is 64.5 Å². The summed E-state index contributed by atoms with van der Waals surface area (Å²) in [5.74, 6) is -0.238. The number of benzene rings is 3. The number of hydrogen-bond donors (Lipinski definition) is 2. The third kappa shape index (κ3) is 6.04. The van der Waals surface area contributed by atoms with Gasteiger partial charge in [-0.15, -0.1) is 0 Å². The van der Waals surface area contributed by atoms with Gasteiger partial charge in [0, 0.05) is 29.2 Å². The number of halogens is 1. The van der Waals surface area contributed by atoms with Gasteiger partial charge in [0.25, 0.3) is 0 Å². The van der Waals surface area contributed by atoms with Crippen molar-refractivity contribution in [2.24, 2.45) is 5.92 Å². The van der Waals surface area contributed by atoms with E-state index in [0.717, 1.165) is 64.9 Å². The second-order valence-electron chi connectivity index (χ2n) is 11.6. The monoisotopic (exact) mass is 604 g/mol. The quantitative estimate of drug-likeness (QED) is 0.272. The molecule has 2 N–H and O–H groups in total. The summed E-state index contributed by atoms with van der Waals surface area (Å²) >= 11 is 6.35. The number of carboxylic acids is 1. The third-order valence-corrected chi connectivity index (χ3v) is 8.95. The van der Waals surface area contributed by atoms with Crippen molar-refractivity contribution in [1.82, 2.24) is 4.90 Å². The Kier molecular flexibility index (Phi) is 8.25. The zero-order valence-corrected chi connectivity index (χ0v) is 25.4. The van der Waals surface area contributed by atoms with Gasteiger partial charge in [-0.2, -0.15) is 0 Å². The van der Waals surface area contributed by atoms with Crippen molar-refractivity contribution in [1.29, 1.82) is 0 Å². The molecule has 2 heterocycles. The summed E-state index contributed by atoms with van der Waals surface area (Å²) in [5.41, 5.74) is 5.38. The molecule has 2 fully saturated rings. The van der Waals surface area contributed by atoms with E-state index in [4.69, 9.17) is 25.8 Å². The predicted molar refractivity (Wildman–Crippen MR) is 164 cm³/mol. The maximum absolute atomic E-state index is 13.7. The van der Waals surface area contributed by atoms with Crippen LogP contribution in [0.25, 0.3) is 0 Å². The number of likely N-dealkylation sites (tertiary alicyclic amines) is 1. The smallest absolute Gasteiger partial charge is 0.309 e. The maximum atomic E-state index is 13.7. The van der Waals surface area contributed by atoms with Crippen molar-refractivity contribution in [3.63, 3.8) is 0 Å². The number of aryl methyl sites for hydroxylation is 3. The van der Waals surface area contributed by atoms with Crippen LogP contribution in [0.15, 0.2) is 48.5 Å². The highest BCUT2D eigenvalue weighted by molar-refractivity contribution is 6.30. The van der Waals surface area contributed by atoms with Gasteiger partial charge in [-0.1, -0.05) is 37.6 Å². The molecule has 3 atom stereocenters. The van der Waals surface area contributed by atoms with E-state index in [9.17, 15) is 14.7 Å². The van der Waals surface area contributed by atoms with Gasteiger partial charge in [-0.05, 0) is 96.8 Å². The number of aliphatic carboxylic acids is 1. The number of rotatable bonds is 10. The Balaban J connectivity index is 1.34. The molecule has 0 bridgehead atoms. The highest BCUT2D eigenvalue weighted by Gasteiger charge is 2.48. The molecule has 0 radical (unpaired) electrons. The Morgan fingerprint density at radius 3 is 2.28 bits per heavy atom. The highest BCUT2D eigenvalue weighted by Crippen LogP contribution is 2.49. The molecule has 226 valence electrons. The average molecular weight is 605 g/mol. The largest absolute Gasteiger partial charge is 0.490 e. The minimum absolute atomic E-state index is 0.0316. The number of carboxylic acid groups (broad SMARTS) is 1. The van der Waals surface area contributed by atoms with Crippen LogP contribution in [0, 0.1) is 12.8 Å². The third-order valence-electron chi connectivity index (χ3n) is 8.73. The van der Waals surface area contributed by atoms with Gasteiger partial charge in [0.15, 0.2) is 11.5 Å². The van der Waals surface area contributed by atoms with Gasteiger partial charge in [0.1, 0.15) is 5.75 Å². The fourth-order valence-electron chi connectivity index (χ4n) is 6.49. The first kappa shape index (κ1) is 29.3. The zero-order valence-electron chi connectivity index (χ0n) is 24.7. The van der Waals surface area contributed by atoms with Crippen LogP contribution < -0.4 is 19.5 Å². The van der Waals surface area contributed by atoms with Crippen LogP contribution in [0.1, 0.15) is 66.5 Å². The molecule has 3 aromatic rings. The topological polar surface area (TPSA) is 97.3 Å². The standard InChI is InChI=1S/C34H37ClN2O6/c1-4-20-13-23(35)14-21(5-2)32(20)36-30(38)17-37-16-27(26-15-29-28(12-19(26)3)41-18-42-29)31(34(39)40)33(37)22-6-8-24(9-7-22)43-25-10-11-25/h6-9,12-15,25,27,31,33H,4-5,10-11,16-18H2,1-3H3,(H,36,38)(H,39,40)/t27-,31?,33+/m1/s1. The molecule has 43 heavy (non-hydrogen) atoms. The number of carbonyl (C=O) groups excluding carboxylic acids is 1. The minimum Gasteiger partial charge on any atom is -0.490 e. The Bertz CT molecular complexity index is 1510. The van der Waals surface area contributed by atoms with Crippen molar-refractivity contribution in [3.05, 3.63) is 81.4 Å². The lowest BCUT2D eigenvalue weighted by atomic mass is 9.81. The molecular weight excluding hydrogens is 568 g/mol. The first-order valence-corrected chi connectivity index (χ1v) is 15.4. The number of carbonyl (C=O) groups is 2. The average Bonchev–Trinajstić information content (AvgIpc) is 3.55. The van der Waals surface area contributed by atoms with E-state index < -0.39 is 17.9 Å². The Morgan fingerprint density at radius 1 is 1.02 bits per heavy atom. The molecule has 1 amide bonds. The van der Waals surface area contributed by atoms with Crippen LogP contribution in [0.3, 0.4) is 0 Å². The summed E-state index contributed by atoms with van der Waals surface area (Å²) in [6, 6.07) is 14.7. The van der Waals surface area contributed by atoms with Crippen LogP contribution >= 0.6 is 11.6 Å². The normalized spacial score (nSPS) is 21.2. The molecule has 0 aromatic heterocycles. The van der Waals surface area contributed by atoms with Crippen molar-refractivity contribution < 1.29 is 28.9 Å². The molecule has 1 saturated carbocycles. The molecule has 3 aromatic carbocycles. The number of ether oxygens (including phenoxy) is 3. The van der Waals surface area contributed by atoms with E-state index >= 15 is 0 Å². The van der Waals surface area contributed by atoms with Gasteiger partial charge < -0.3 is 24.6 Å². The van der Waals surface area contributed by atoms with E-state index in [2.05, 4.69) is 5.32 Å². The number of nitrogens with zero attached hydrogens (tertiary/aromatic N) is 1. The van der Waals surface area contributed by atoms with Gasteiger partial charge in [-0.3, -0.25) is 14.5 Å². The first-order chi connectivity index (χ1) is 20.7. The fraction of sp³-hybridized carbons (Fsp3) is 0.412. The number of fused-ring (bicyclic) bond motifs is 1. The number of anilines is 1. The van der Waals surface area contributed by atoms with Gasteiger partial charge in [-0.25, -0.2) is 0 Å². The summed E-state index contributed by atoms with van der Waals surface area (Å²) in [6.45, 7) is 6.58. The summed E-state index contributed by atoms with van der Waals surface area (Å²) < 4.78 is 17.2. The summed E-state index contributed by atoms with van der Waals surface area (Å²) in [7, 11) is 0. The minimum atomic E-state index is -0.910. The van der Waals surface area contributed by atoms with E-state index in [1.165, 1.54) is 0 Å². The number of nitrogens with one attached hydrogen (secondary N) is 1. The van der Waals surface area contributed by atoms with Crippen molar-refractivity contribution in [3.8, 4) is 17.2 Å². The zero-order chi connectivity index (χ0) is 30.2. The Labute approximate surface area is 256 Å². The van der Waals surface area contributed by atoms with Gasteiger partial charge in [0.2, 0.25) is 12.7 Å². The lowest BCUT2D eigenvalue weighted by Gasteiger charge is -2.27. The summed E-state index contributed by atoms with van der Waals surface area (Å²) in [4.78, 5) is 28.7. The molecular formula is C34H37ClN2O6. The number of amides is 1. The maximum Gasteiger partial charge on any atom is 0.309 e. The molecule has 0 spiro atoms. The second-order valence-corrected chi connectivity index (χ2v) is 12.1. The van der Waals surface area contributed by atoms with Crippen molar-refractivity contribution >= 4 is 29.2 Å². The van der Waals surface area contributed by atoms with E-state index in [0.29, 0.717) is 23.1 Å². The lowest BCUT2D eigenvalue weighted by Crippen LogP contribution is -2.35. The number of hydrogen-bond acceptors (Lipinski definition) is 6. The Hall–Kier alpha value is -3.75. The van der Waals surface area contributed by atoms with E-state index in [1.807, 2.05) is 74.2 Å². The molecule has 8 nitrogen and oxygen atoms in total. The van der Waals surface area contributed by atoms with Crippen LogP contribution in [-0.4, -0.2) is 47.9 Å². The molecule has 1 unspecified atom stereocenters. The van der Waals surface area contributed by atoms with Gasteiger partial charge >= 0.3 is 5.97 Å². The highest BCUT2D eigenvalue weighted by atomic mass is 35.5. The van der Waals surface area contributed by atoms with Crippen LogP contribution in [0.5, 0.6) is 17.2 Å².